The molecular weight excluding hydrogens is 434 g/mol. The van der Waals surface area contributed by atoms with Crippen molar-refractivity contribution in [1.82, 2.24) is 15.1 Å². The summed E-state index contributed by atoms with van der Waals surface area (Å²) in [5.41, 5.74) is 3.81. The zero-order valence-electron chi connectivity index (χ0n) is 18.3. The highest BCUT2D eigenvalue weighted by Gasteiger charge is 2.26. The smallest absolute Gasteiger partial charge is 0.255 e. The van der Waals surface area contributed by atoms with Crippen LogP contribution >= 0.6 is 11.6 Å². The largest absolute Gasteiger partial charge is 0.371 e. The Morgan fingerprint density at radius 3 is 2.69 bits per heavy atom. The average Bonchev–Trinajstić information content (AvgIpc) is 3.32. The molecule has 0 aliphatic carbocycles. The fourth-order valence-electron chi connectivity index (χ4n) is 4.33. The quantitative estimate of drug-likeness (QED) is 0.586. The molecule has 168 valence electrons. The molecule has 1 unspecified atom stereocenters. The van der Waals surface area contributed by atoms with Crippen LogP contribution in [0.25, 0.3) is 5.69 Å². The Bertz CT molecular complexity index is 1180. The van der Waals surface area contributed by atoms with E-state index < -0.39 is 11.6 Å². The standard InChI is InChI=1S/C24H25ClF2N4O/c1-14-4-5-18(25)10-22(14)30-9-8-17(13-30)12-28-24(32)23-15(2)29-31(16(23)3)21-7-6-19(26)11-20(21)27/h4-7,10-11,17H,8-9,12-13H2,1-3H3,(H,28,32). The Morgan fingerprint density at radius 2 is 1.94 bits per heavy atom. The maximum Gasteiger partial charge on any atom is 0.255 e. The van der Waals surface area contributed by atoms with Crippen LogP contribution in [0.1, 0.15) is 33.7 Å². The van der Waals surface area contributed by atoms with Crippen LogP contribution in [0.5, 0.6) is 0 Å². The second-order valence-electron chi connectivity index (χ2n) is 8.29. The van der Waals surface area contributed by atoms with Gasteiger partial charge in [0, 0.05) is 36.4 Å². The van der Waals surface area contributed by atoms with Crippen molar-refractivity contribution in [2.75, 3.05) is 24.5 Å². The van der Waals surface area contributed by atoms with E-state index in [1.54, 1.807) is 13.8 Å². The number of hydrogen-bond donors (Lipinski definition) is 1. The van der Waals surface area contributed by atoms with Gasteiger partial charge in [-0.1, -0.05) is 17.7 Å². The van der Waals surface area contributed by atoms with E-state index in [1.807, 2.05) is 18.2 Å². The van der Waals surface area contributed by atoms with Crippen LogP contribution in [0.3, 0.4) is 0 Å². The Hall–Kier alpha value is -2.93. The lowest BCUT2D eigenvalue weighted by atomic mass is 10.1. The van der Waals surface area contributed by atoms with Gasteiger partial charge in [-0.2, -0.15) is 5.10 Å². The van der Waals surface area contributed by atoms with E-state index in [1.165, 1.54) is 22.4 Å². The molecule has 0 saturated carbocycles. The van der Waals surface area contributed by atoms with Gasteiger partial charge >= 0.3 is 0 Å². The van der Waals surface area contributed by atoms with Gasteiger partial charge in [-0.3, -0.25) is 4.79 Å². The van der Waals surface area contributed by atoms with Crippen molar-refractivity contribution in [2.24, 2.45) is 5.92 Å². The molecule has 0 spiro atoms. The summed E-state index contributed by atoms with van der Waals surface area (Å²) in [6.45, 7) is 7.74. The Morgan fingerprint density at radius 1 is 1.16 bits per heavy atom. The number of anilines is 1. The average molecular weight is 459 g/mol. The van der Waals surface area contributed by atoms with Crippen LogP contribution in [0.15, 0.2) is 36.4 Å². The van der Waals surface area contributed by atoms with Crippen molar-refractivity contribution in [2.45, 2.75) is 27.2 Å². The molecule has 1 aromatic heterocycles. The molecule has 1 amide bonds. The van der Waals surface area contributed by atoms with Gasteiger partial charge < -0.3 is 10.2 Å². The number of carbonyl (C=O) groups excluding carboxylic acids is 1. The minimum absolute atomic E-state index is 0.106. The first-order valence-corrected chi connectivity index (χ1v) is 10.9. The number of amides is 1. The third-order valence-corrected chi connectivity index (χ3v) is 6.24. The molecule has 8 heteroatoms. The molecule has 1 saturated heterocycles. The lowest BCUT2D eigenvalue weighted by Crippen LogP contribution is -2.31. The summed E-state index contributed by atoms with van der Waals surface area (Å²) in [5, 5.41) is 8.04. The predicted octanol–water partition coefficient (Wildman–Crippen LogP) is 4.99. The van der Waals surface area contributed by atoms with Crippen LogP contribution in [0.2, 0.25) is 5.02 Å². The normalized spacial score (nSPS) is 15.9. The molecule has 0 bridgehead atoms. The van der Waals surface area contributed by atoms with E-state index in [-0.39, 0.29) is 11.6 Å². The van der Waals surface area contributed by atoms with E-state index in [4.69, 9.17) is 11.6 Å². The minimum atomic E-state index is -0.732. The van der Waals surface area contributed by atoms with Gasteiger partial charge in [0.25, 0.3) is 5.91 Å². The summed E-state index contributed by atoms with van der Waals surface area (Å²) in [7, 11) is 0. The van der Waals surface area contributed by atoms with Crippen molar-refractivity contribution in [3.8, 4) is 5.69 Å². The van der Waals surface area contributed by atoms with E-state index in [2.05, 4.69) is 22.2 Å². The third-order valence-electron chi connectivity index (χ3n) is 6.01. The first kappa shape index (κ1) is 22.3. The molecule has 3 aromatic rings. The number of benzene rings is 2. The fraction of sp³-hybridized carbons (Fsp3) is 0.333. The van der Waals surface area contributed by atoms with Crippen molar-refractivity contribution in [1.29, 1.82) is 0 Å². The summed E-state index contributed by atoms with van der Waals surface area (Å²) in [6.07, 6.45) is 0.963. The fourth-order valence-corrected chi connectivity index (χ4v) is 4.49. The summed E-state index contributed by atoms with van der Waals surface area (Å²) < 4.78 is 28.8. The van der Waals surface area contributed by atoms with Gasteiger partial charge in [-0.25, -0.2) is 13.5 Å². The van der Waals surface area contributed by atoms with Crippen molar-refractivity contribution < 1.29 is 13.6 Å². The molecule has 2 heterocycles. The Kier molecular flexibility index (Phi) is 6.20. The molecule has 4 rings (SSSR count). The van der Waals surface area contributed by atoms with Crippen molar-refractivity contribution in [3.05, 3.63) is 75.6 Å². The van der Waals surface area contributed by atoms with Gasteiger partial charge in [0.1, 0.15) is 11.5 Å². The first-order chi connectivity index (χ1) is 15.2. The van der Waals surface area contributed by atoms with E-state index >= 15 is 0 Å². The Balaban J connectivity index is 1.44. The second-order valence-corrected chi connectivity index (χ2v) is 8.73. The van der Waals surface area contributed by atoms with E-state index in [0.29, 0.717) is 34.4 Å². The number of carbonyl (C=O) groups is 1. The highest BCUT2D eigenvalue weighted by molar-refractivity contribution is 6.30. The number of rotatable bonds is 5. The summed E-state index contributed by atoms with van der Waals surface area (Å²) in [4.78, 5) is 15.2. The monoisotopic (exact) mass is 458 g/mol. The molecule has 32 heavy (non-hydrogen) atoms. The maximum atomic E-state index is 14.2. The van der Waals surface area contributed by atoms with E-state index in [0.717, 1.165) is 31.3 Å². The highest BCUT2D eigenvalue weighted by atomic mass is 35.5. The number of hydrogen-bond acceptors (Lipinski definition) is 3. The van der Waals surface area contributed by atoms with Crippen LogP contribution in [-0.4, -0.2) is 35.3 Å². The van der Waals surface area contributed by atoms with Crippen LogP contribution in [0.4, 0.5) is 14.5 Å². The zero-order chi connectivity index (χ0) is 23.0. The summed E-state index contributed by atoms with van der Waals surface area (Å²) in [5.74, 6) is -1.33. The minimum Gasteiger partial charge on any atom is -0.371 e. The number of aryl methyl sites for hydroxylation is 2. The van der Waals surface area contributed by atoms with Crippen LogP contribution < -0.4 is 10.2 Å². The topological polar surface area (TPSA) is 50.2 Å². The molecule has 1 aliphatic heterocycles. The molecule has 5 nitrogen and oxygen atoms in total. The highest BCUT2D eigenvalue weighted by Crippen LogP contribution is 2.29. The van der Waals surface area contributed by atoms with Gasteiger partial charge in [-0.05, 0) is 62.9 Å². The number of halogens is 3. The SMILES string of the molecule is Cc1ccc(Cl)cc1N1CCC(CNC(=O)c2c(C)nn(-c3ccc(F)cc3F)c2C)C1. The molecule has 1 aliphatic rings. The number of aromatic nitrogens is 2. The second kappa shape index (κ2) is 8.90. The number of nitrogens with zero attached hydrogens (tertiary/aromatic N) is 3. The number of nitrogens with one attached hydrogen (secondary N) is 1. The summed E-state index contributed by atoms with van der Waals surface area (Å²) >= 11 is 6.16. The molecule has 1 fully saturated rings. The molecule has 1 N–H and O–H groups in total. The van der Waals surface area contributed by atoms with Gasteiger partial charge in [-0.15, -0.1) is 0 Å². The third kappa shape index (κ3) is 4.35. The molecule has 2 aromatic carbocycles. The molecule has 0 radical (unpaired) electrons. The van der Waals surface area contributed by atoms with Gasteiger partial charge in [0.05, 0.1) is 17.0 Å². The summed E-state index contributed by atoms with van der Waals surface area (Å²) in [6, 6.07) is 9.17. The van der Waals surface area contributed by atoms with Crippen LogP contribution in [-0.2, 0) is 0 Å². The Labute approximate surface area is 191 Å². The zero-order valence-corrected chi connectivity index (χ0v) is 19.0. The van der Waals surface area contributed by atoms with Gasteiger partial charge in [0.15, 0.2) is 5.82 Å². The van der Waals surface area contributed by atoms with Crippen LogP contribution in [0, 0.1) is 38.3 Å². The predicted molar refractivity (Wildman–Crippen MR) is 122 cm³/mol. The van der Waals surface area contributed by atoms with Crippen molar-refractivity contribution >= 4 is 23.2 Å². The van der Waals surface area contributed by atoms with E-state index in [9.17, 15) is 13.6 Å². The van der Waals surface area contributed by atoms with Crippen molar-refractivity contribution in [3.63, 3.8) is 0 Å². The van der Waals surface area contributed by atoms with Gasteiger partial charge in [0.2, 0.25) is 0 Å². The first-order valence-electron chi connectivity index (χ1n) is 10.6. The molecule has 1 atom stereocenters. The maximum absolute atomic E-state index is 14.2. The molecular formula is C24H25ClF2N4O. The lowest BCUT2D eigenvalue weighted by Gasteiger charge is -2.21. The lowest BCUT2D eigenvalue weighted by molar-refractivity contribution is 0.0947.